The summed E-state index contributed by atoms with van der Waals surface area (Å²) in [7, 11) is 4.98. The van der Waals surface area contributed by atoms with E-state index in [-0.39, 0.29) is 59.7 Å². The number of amides is 3. The van der Waals surface area contributed by atoms with E-state index < -0.39 is 29.9 Å². The minimum atomic E-state index is -0.820. The van der Waals surface area contributed by atoms with Crippen LogP contribution in [0.15, 0.2) is 35.7 Å². The number of carbonyl (C=O) groups excluding carboxylic acids is 5. The van der Waals surface area contributed by atoms with Crippen LogP contribution < -0.4 is 16.0 Å². The summed E-state index contributed by atoms with van der Waals surface area (Å²) in [6.45, 7) is 13.8. The van der Waals surface area contributed by atoms with Gasteiger partial charge in [-0.2, -0.15) is 0 Å². The highest BCUT2D eigenvalue weighted by atomic mass is 32.1. The molecule has 0 saturated carbocycles. The number of benzene rings is 1. The van der Waals surface area contributed by atoms with Crippen molar-refractivity contribution < 1.29 is 33.4 Å². The smallest absolute Gasteiger partial charge is 0.308 e. The molecule has 0 aliphatic carbocycles. The molecule has 1 aromatic heterocycles. The summed E-state index contributed by atoms with van der Waals surface area (Å²) >= 11 is 1.21. The second-order valence-corrected chi connectivity index (χ2v) is 15.8. The van der Waals surface area contributed by atoms with E-state index in [1.54, 1.807) is 24.3 Å². The monoisotopic (exact) mass is 771 g/mol. The first-order chi connectivity index (χ1) is 25.6. The van der Waals surface area contributed by atoms with Gasteiger partial charge >= 0.3 is 11.9 Å². The van der Waals surface area contributed by atoms with E-state index in [1.165, 1.54) is 25.4 Å². The van der Waals surface area contributed by atoms with Crippen LogP contribution in [-0.2, 0) is 35.1 Å². The molecule has 0 unspecified atom stereocenters. The van der Waals surface area contributed by atoms with Crippen molar-refractivity contribution >= 4 is 41.0 Å². The van der Waals surface area contributed by atoms with Gasteiger partial charge in [-0.05, 0) is 63.1 Å². The standard InChI is InChI=1S/C41H65N5O7S/c1-11-27(4)36(45-37(48)28(5)17-15-16-22-42-8)40(50)46(9)34(26(2)3)24-35(53-30(7)47)39-44-33(25-54-39)38(49)43-32(23-29(6)41(51)52-10)21-20-31-18-13-12-14-19-31/h12-14,18-19,25-29,32,34-36,42H,11,15-17,20-24H2,1-10H3,(H,43,49)(H,45,48)/t27-,28+,29-,32-,34+,35+,36-/m0/s1. The molecule has 0 radical (unpaired) electrons. The van der Waals surface area contributed by atoms with E-state index in [1.807, 2.05) is 72.0 Å². The summed E-state index contributed by atoms with van der Waals surface area (Å²) in [5.74, 6) is -2.40. The largest absolute Gasteiger partial charge is 0.469 e. The predicted octanol–water partition coefficient (Wildman–Crippen LogP) is 6.11. The van der Waals surface area contributed by atoms with Crippen LogP contribution in [0.4, 0.5) is 0 Å². The number of likely N-dealkylation sites (N-methyl/N-ethyl adjacent to an activating group) is 1. The first kappa shape index (κ1) is 46.3. The first-order valence-electron chi connectivity index (χ1n) is 19.4. The third kappa shape index (κ3) is 15.1. The summed E-state index contributed by atoms with van der Waals surface area (Å²) in [5.41, 5.74) is 1.29. The van der Waals surface area contributed by atoms with E-state index in [2.05, 4.69) is 20.9 Å². The van der Waals surface area contributed by atoms with Crippen molar-refractivity contribution in [1.29, 1.82) is 0 Å². The van der Waals surface area contributed by atoms with E-state index in [0.717, 1.165) is 31.4 Å². The van der Waals surface area contributed by atoms with E-state index >= 15 is 0 Å². The molecule has 54 heavy (non-hydrogen) atoms. The number of methoxy groups -OCH3 is 1. The molecular weight excluding hydrogens is 707 g/mol. The number of aryl methyl sites for hydroxylation is 1. The molecule has 3 N–H and O–H groups in total. The number of rotatable bonds is 24. The SMILES string of the molecule is CC[C@H](C)[C@H](NC(=O)[C@H](C)CCCCNC)C(=O)N(C)[C@H](C[C@@H](OC(C)=O)c1nc(C(=O)N[C@@H](CCc2ccccc2)C[C@H](C)C(=O)OC)cs1)C(C)C. The zero-order valence-electron chi connectivity index (χ0n) is 34.1. The number of nitrogens with one attached hydrogen (secondary N) is 3. The zero-order valence-corrected chi connectivity index (χ0v) is 34.9. The molecule has 1 aromatic carbocycles. The van der Waals surface area contributed by atoms with Crippen molar-refractivity contribution in [2.24, 2.45) is 23.7 Å². The summed E-state index contributed by atoms with van der Waals surface area (Å²) < 4.78 is 10.7. The molecule has 0 spiro atoms. The second kappa shape index (κ2) is 23.8. The molecule has 0 fully saturated rings. The molecule has 12 nitrogen and oxygen atoms in total. The van der Waals surface area contributed by atoms with E-state index in [0.29, 0.717) is 30.7 Å². The summed E-state index contributed by atoms with van der Waals surface area (Å²) in [6, 6.07) is 8.50. The fraction of sp³-hybridized carbons (Fsp3) is 0.659. The van der Waals surface area contributed by atoms with Crippen molar-refractivity contribution in [1.82, 2.24) is 25.8 Å². The van der Waals surface area contributed by atoms with Crippen LogP contribution in [-0.4, -0.2) is 85.4 Å². The fourth-order valence-corrected chi connectivity index (χ4v) is 7.34. The normalized spacial score (nSPS) is 15.2. The number of unbranched alkanes of at least 4 members (excludes halogenated alkanes) is 1. The van der Waals surface area contributed by atoms with Gasteiger partial charge in [0.1, 0.15) is 16.7 Å². The Balaban J connectivity index is 2.27. The molecule has 1 heterocycles. The van der Waals surface area contributed by atoms with Crippen molar-refractivity contribution in [3.05, 3.63) is 52.0 Å². The van der Waals surface area contributed by atoms with Gasteiger partial charge in [-0.3, -0.25) is 24.0 Å². The third-order valence-electron chi connectivity index (χ3n) is 10.1. The minimum Gasteiger partial charge on any atom is -0.469 e. The minimum absolute atomic E-state index is 0.0405. The Bertz CT molecular complexity index is 1470. The fourth-order valence-electron chi connectivity index (χ4n) is 6.50. The maximum absolute atomic E-state index is 14.2. The Morgan fingerprint density at radius 2 is 1.61 bits per heavy atom. The van der Waals surface area contributed by atoms with E-state index in [9.17, 15) is 24.0 Å². The third-order valence-corrected chi connectivity index (χ3v) is 11.1. The number of carbonyl (C=O) groups is 5. The summed E-state index contributed by atoms with van der Waals surface area (Å²) in [5, 5.41) is 11.3. The lowest BCUT2D eigenvalue weighted by Crippen LogP contribution is -2.55. The van der Waals surface area contributed by atoms with Gasteiger partial charge in [-0.25, -0.2) is 4.98 Å². The predicted molar refractivity (Wildman–Crippen MR) is 213 cm³/mol. The molecule has 7 atom stereocenters. The van der Waals surface area contributed by atoms with Gasteiger partial charge in [0.05, 0.1) is 13.0 Å². The van der Waals surface area contributed by atoms with Crippen LogP contribution >= 0.6 is 11.3 Å². The Kier molecular flexibility index (Phi) is 20.4. The Morgan fingerprint density at radius 3 is 2.20 bits per heavy atom. The topological polar surface area (TPSA) is 156 Å². The van der Waals surface area contributed by atoms with Crippen molar-refractivity contribution in [3.8, 4) is 0 Å². The number of hydrogen-bond donors (Lipinski definition) is 3. The average Bonchev–Trinajstić information content (AvgIpc) is 3.65. The highest BCUT2D eigenvalue weighted by molar-refractivity contribution is 7.09. The number of ether oxygens (including phenoxy) is 2. The van der Waals surface area contributed by atoms with Gasteiger partial charge in [-0.1, -0.05) is 84.7 Å². The van der Waals surface area contributed by atoms with Crippen LogP contribution in [0, 0.1) is 23.7 Å². The van der Waals surface area contributed by atoms with E-state index in [4.69, 9.17) is 9.47 Å². The molecule has 3 amide bonds. The Labute approximate surface area is 326 Å². The van der Waals surface area contributed by atoms with Gasteiger partial charge in [0, 0.05) is 43.8 Å². The lowest BCUT2D eigenvalue weighted by Gasteiger charge is -2.37. The molecule has 0 saturated heterocycles. The molecule has 0 aliphatic rings. The lowest BCUT2D eigenvalue weighted by atomic mass is 9.92. The van der Waals surface area contributed by atoms with Gasteiger partial charge in [0.25, 0.3) is 5.91 Å². The maximum atomic E-state index is 14.2. The number of thiazole rings is 1. The van der Waals surface area contributed by atoms with Crippen LogP contribution in [0.25, 0.3) is 0 Å². The maximum Gasteiger partial charge on any atom is 0.308 e. The van der Waals surface area contributed by atoms with Gasteiger partial charge in [0.15, 0.2) is 6.10 Å². The average molecular weight is 772 g/mol. The highest BCUT2D eigenvalue weighted by Gasteiger charge is 2.36. The van der Waals surface area contributed by atoms with Crippen molar-refractivity contribution in [3.63, 3.8) is 0 Å². The van der Waals surface area contributed by atoms with Crippen LogP contribution in [0.1, 0.15) is 121 Å². The van der Waals surface area contributed by atoms with Gasteiger partial charge in [-0.15, -0.1) is 11.3 Å². The molecule has 2 rings (SSSR count). The number of hydrogen-bond acceptors (Lipinski definition) is 10. The number of nitrogens with zero attached hydrogens (tertiary/aromatic N) is 2. The second-order valence-electron chi connectivity index (χ2n) is 14.9. The molecule has 13 heteroatoms. The van der Waals surface area contributed by atoms with Gasteiger partial charge in [0.2, 0.25) is 11.8 Å². The number of aromatic nitrogens is 1. The quantitative estimate of drug-likeness (QED) is 0.0847. The Hall–Kier alpha value is -3.84. The van der Waals surface area contributed by atoms with Crippen LogP contribution in [0.3, 0.4) is 0 Å². The molecule has 0 bridgehead atoms. The summed E-state index contributed by atoms with van der Waals surface area (Å²) in [4.78, 5) is 71.9. The Morgan fingerprint density at radius 1 is 0.926 bits per heavy atom. The molecular formula is C41H65N5O7S. The van der Waals surface area contributed by atoms with Crippen molar-refractivity contribution in [2.75, 3.05) is 27.7 Å². The molecule has 0 aliphatic heterocycles. The molecule has 302 valence electrons. The zero-order chi connectivity index (χ0) is 40.4. The van der Waals surface area contributed by atoms with Crippen LogP contribution in [0.5, 0.6) is 0 Å². The van der Waals surface area contributed by atoms with Crippen molar-refractivity contribution in [2.45, 2.75) is 124 Å². The first-order valence-corrected chi connectivity index (χ1v) is 20.3. The summed E-state index contributed by atoms with van der Waals surface area (Å²) in [6.07, 6.45) is 4.44. The molecule has 2 aromatic rings. The van der Waals surface area contributed by atoms with Crippen LogP contribution in [0.2, 0.25) is 0 Å². The van der Waals surface area contributed by atoms with Gasteiger partial charge < -0.3 is 30.3 Å². The number of esters is 2. The lowest BCUT2D eigenvalue weighted by molar-refractivity contribution is -0.149. The highest BCUT2D eigenvalue weighted by Crippen LogP contribution is 2.31.